The van der Waals surface area contributed by atoms with Gasteiger partial charge in [-0.15, -0.1) is 0 Å². The highest BCUT2D eigenvalue weighted by Gasteiger charge is 2.14. The van der Waals surface area contributed by atoms with E-state index < -0.39 is 9.84 Å². The Balaban J connectivity index is 3.89. The lowest BCUT2D eigenvalue weighted by Gasteiger charge is -2.13. The summed E-state index contributed by atoms with van der Waals surface area (Å²) in [6.45, 7) is 3.88. The van der Waals surface area contributed by atoms with E-state index in [-0.39, 0.29) is 36.3 Å². The fourth-order valence-corrected chi connectivity index (χ4v) is 1.50. The maximum atomic E-state index is 11.3. The summed E-state index contributed by atoms with van der Waals surface area (Å²) in [5.74, 6) is 0.102. The van der Waals surface area contributed by atoms with E-state index >= 15 is 0 Å². The van der Waals surface area contributed by atoms with Crippen LogP contribution in [0.25, 0.3) is 0 Å². The van der Waals surface area contributed by atoms with Gasteiger partial charge in [0.25, 0.3) is 0 Å². The second kappa shape index (κ2) is 5.46. The molecule has 14 heavy (non-hydrogen) atoms. The highest BCUT2D eigenvalue weighted by atomic mass is 32.2. The molecule has 0 saturated carbocycles. The minimum absolute atomic E-state index is 0.0726. The van der Waals surface area contributed by atoms with Crippen molar-refractivity contribution in [1.82, 2.24) is 0 Å². The molecule has 1 unspecified atom stereocenters. The van der Waals surface area contributed by atoms with Crippen LogP contribution in [0.3, 0.4) is 0 Å². The van der Waals surface area contributed by atoms with Crippen molar-refractivity contribution in [2.24, 2.45) is 11.7 Å². The Morgan fingerprint density at radius 3 is 2.21 bits per heavy atom. The highest BCUT2D eigenvalue weighted by molar-refractivity contribution is 7.90. The van der Waals surface area contributed by atoms with Crippen LogP contribution in [-0.2, 0) is 14.6 Å². The molecule has 5 heteroatoms. The Hall–Kier alpha value is -0.420. The molecule has 0 aliphatic heterocycles. The predicted molar refractivity (Wildman–Crippen MR) is 56.8 cm³/mol. The van der Waals surface area contributed by atoms with Crippen molar-refractivity contribution < 1.29 is 13.2 Å². The normalized spacial score (nSPS) is 14.4. The van der Waals surface area contributed by atoms with E-state index in [1.807, 2.05) is 13.8 Å². The van der Waals surface area contributed by atoms with E-state index in [9.17, 15) is 13.2 Å². The zero-order valence-corrected chi connectivity index (χ0v) is 9.80. The Labute approximate surface area is 85.8 Å². The van der Waals surface area contributed by atoms with Crippen molar-refractivity contribution in [1.29, 1.82) is 0 Å². The number of ketones is 1. The number of sulfone groups is 1. The first kappa shape index (κ1) is 13.6. The van der Waals surface area contributed by atoms with Crippen LogP contribution in [0.15, 0.2) is 0 Å². The van der Waals surface area contributed by atoms with Crippen LogP contribution < -0.4 is 5.73 Å². The van der Waals surface area contributed by atoms with E-state index in [1.54, 1.807) is 0 Å². The Bertz CT molecular complexity index is 282. The lowest BCUT2D eigenvalue weighted by atomic mass is 9.99. The van der Waals surface area contributed by atoms with E-state index in [4.69, 9.17) is 5.73 Å². The zero-order chi connectivity index (χ0) is 11.4. The number of Topliss-reactive ketones (excluding diaryl/α,β-unsaturated/α-hetero) is 1. The average molecular weight is 221 g/mol. The summed E-state index contributed by atoms with van der Waals surface area (Å²) in [6.07, 6.45) is 1.48. The second-order valence-electron chi connectivity index (χ2n) is 4.03. The molecule has 0 aromatic rings. The summed E-state index contributed by atoms with van der Waals surface area (Å²) in [5.41, 5.74) is 5.69. The molecule has 4 nitrogen and oxygen atoms in total. The minimum Gasteiger partial charge on any atom is -0.327 e. The Morgan fingerprint density at radius 1 is 1.36 bits per heavy atom. The van der Waals surface area contributed by atoms with Gasteiger partial charge >= 0.3 is 0 Å². The first-order chi connectivity index (χ1) is 6.22. The number of hydrogen-bond acceptors (Lipinski definition) is 4. The number of nitrogens with two attached hydrogens (primary N) is 1. The van der Waals surface area contributed by atoms with Crippen molar-refractivity contribution in [3.8, 4) is 0 Å². The van der Waals surface area contributed by atoms with Crippen molar-refractivity contribution in [2.75, 3.05) is 12.0 Å². The molecule has 0 aromatic carbocycles. The summed E-state index contributed by atoms with van der Waals surface area (Å²) in [6, 6.07) is -0.165. The third-order valence-corrected chi connectivity index (χ3v) is 3.02. The van der Waals surface area contributed by atoms with E-state index in [1.165, 1.54) is 0 Å². The van der Waals surface area contributed by atoms with Crippen molar-refractivity contribution in [3.63, 3.8) is 0 Å². The van der Waals surface area contributed by atoms with Crippen LogP contribution in [0.2, 0.25) is 0 Å². The smallest absolute Gasteiger partial charge is 0.147 e. The van der Waals surface area contributed by atoms with Gasteiger partial charge in [-0.1, -0.05) is 13.8 Å². The van der Waals surface area contributed by atoms with Crippen LogP contribution in [-0.4, -0.2) is 32.3 Å². The molecule has 0 spiro atoms. The molecular weight excluding hydrogens is 202 g/mol. The fourth-order valence-electron chi connectivity index (χ4n) is 0.900. The van der Waals surface area contributed by atoms with Gasteiger partial charge in [0.15, 0.2) is 0 Å². The van der Waals surface area contributed by atoms with Crippen molar-refractivity contribution in [2.45, 2.75) is 32.7 Å². The molecule has 0 aliphatic rings. The fraction of sp³-hybridized carbons (Fsp3) is 0.889. The lowest BCUT2D eigenvalue weighted by Crippen LogP contribution is -2.29. The molecule has 0 bridgehead atoms. The largest absolute Gasteiger partial charge is 0.327 e. The van der Waals surface area contributed by atoms with Crippen LogP contribution in [0.1, 0.15) is 26.7 Å². The van der Waals surface area contributed by atoms with Gasteiger partial charge in [-0.25, -0.2) is 8.42 Å². The van der Waals surface area contributed by atoms with Crippen LogP contribution in [0.4, 0.5) is 0 Å². The van der Waals surface area contributed by atoms with Gasteiger partial charge in [0.2, 0.25) is 0 Å². The number of carbonyl (C=O) groups is 1. The van der Waals surface area contributed by atoms with E-state index in [0.29, 0.717) is 0 Å². The predicted octanol–water partition coefficient (Wildman–Crippen LogP) is 0.364. The molecule has 0 saturated heterocycles. The van der Waals surface area contributed by atoms with E-state index in [0.717, 1.165) is 6.26 Å². The molecule has 84 valence electrons. The van der Waals surface area contributed by atoms with Crippen LogP contribution in [0.5, 0.6) is 0 Å². The molecule has 2 N–H and O–H groups in total. The number of hydrogen-bond donors (Lipinski definition) is 1. The molecular formula is C9H19NO3S. The maximum Gasteiger partial charge on any atom is 0.147 e. The van der Waals surface area contributed by atoms with Crippen LogP contribution >= 0.6 is 0 Å². The van der Waals surface area contributed by atoms with Gasteiger partial charge in [-0.2, -0.15) is 0 Å². The van der Waals surface area contributed by atoms with Gasteiger partial charge in [0.05, 0.1) is 5.75 Å². The lowest BCUT2D eigenvalue weighted by molar-refractivity contribution is -0.119. The topological polar surface area (TPSA) is 77.2 Å². The zero-order valence-electron chi connectivity index (χ0n) is 8.99. The molecule has 0 amide bonds. The molecule has 1 atom stereocenters. The van der Waals surface area contributed by atoms with Crippen molar-refractivity contribution in [3.05, 3.63) is 0 Å². The van der Waals surface area contributed by atoms with Gasteiger partial charge in [0.1, 0.15) is 15.6 Å². The third kappa shape index (κ3) is 7.03. The number of rotatable bonds is 6. The molecule has 0 rings (SSSR count). The minimum atomic E-state index is -3.04. The van der Waals surface area contributed by atoms with E-state index in [2.05, 4.69) is 0 Å². The average Bonchev–Trinajstić information content (AvgIpc) is 1.99. The summed E-state index contributed by atoms with van der Waals surface area (Å²) in [5, 5.41) is 0. The maximum absolute atomic E-state index is 11.3. The monoisotopic (exact) mass is 221 g/mol. The standard InChI is InChI=1S/C9H19NO3S/c1-7(2)9(10)6-8(11)4-5-14(3,12)13/h7,9H,4-6,10H2,1-3H3. The van der Waals surface area contributed by atoms with Gasteiger partial charge in [-0.3, -0.25) is 4.79 Å². The van der Waals surface area contributed by atoms with Gasteiger partial charge < -0.3 is 5.73 Å². The highest BCUT2D eigenvalue weighted by Crippen LogP contribution is 2.05. The van der Waals surface area contributed by atoms with Gasteiger partial charge in [-0.05, 0) is 5.92 Å². The number of carbonyl (C=O) groups excluding carboxylic acids is 1. The van der Waals surface area contributed by atoms with Gasteiger partial charge in [0, 0.05) is 25.1 Å². The summed E-state index contributed by atoms with van der Waals surface area (Å²) in [7, 11) is -3.04. The van der Waals surface area contributed by atoms with Crippen molar-refractivity contribution >= 4 is 15.6 Å². The Morgan fingerprint density at radius 2 is 1.86 bits per heavy atom. The first-order valence-corrected chi connectivity index (χ1v) is 6.73. The summed E-state index contributed by atoms with van der Waals surface area (Å²) < 4.78 is 21.5. The quantitative estimate of drug-likeness (QED) is 0.702. The molecule has 0 radical (unpaired) electrons. The molecule has 0 aliphatic carbocycles. The second-order valence-corrected chi connectivity index (χ2v) is 6.29. The SMILES string of the molecule is CC(C)C(N)CC(=O)CCS(C)(=O)=O. The van der Waals surface area contributed by atoms with Crippen LogP contribution in [0, 0.1) is 5.92 Å². The molecule has 0 aromatic heterocycles. The molecule has 0 fully saturated rings. The molecule has 0 heterocycles. The summed E-state index contributed by atoms with van der Waals surface area (Å²) in [4.78, 5) is 11.3. The summed E-state index contributed by atoms with van der Waals surface area (Å²) >= 11 is 0. The third-order valence-electron chi connectivity index (χ3n) is 2.07. The first-order valence-electron chi connectivity index (χ1n) is 4.67. The Kier molecular flexibility index (Phi) is 5.29.